The van der Waals surface area contributed by atoms with E-state index in [1.807, 2.05) is 27.7 Å². The van der Waals surface area contributed by atoms with Gasteiger partial charge in [-0.15, -0.1) is 0 Å². The minimum absolute atomic E-state index is 0.155. The van der Waals surface area contributed by atoms with Crippen molar-refractivity contribution in [3.05, 3.63) is 0 Å². The second-order valence-corrected chi connectivity index (χ2v) is 18.9. The second-order valence-electron chi connectivity index (χ2n) is 5.25. The van der Waals surface area contributed by atoms with Gasteiger partial charge in [-0.3, -0.25) is 0 Å². The van der Waals surface area contributed by atoms with Gasteiger partial charge in [0, 0.05) is 0 Å². The molecule has 18 heavy (non-hydrogen) atoms. The first-order chi connectivity index (χ1) is 8.32. The van der Waals surface area contributed by atoms with Crippen molar-refractivity contribution >= 4 is 34.3 Å². The maximum absolute atomic E-state index is 10.1. The molecule has 0 aliphatic heterocycles. The monoisotopic (exact) mass is 408 g/mol. The molecule has 108 valence electrons. The Morgan fingerprint density at radius 3 is 2.06 bits per heavy atom. The number of hydrogen-bond donors (Lipinski definition) is 1. The molecule has 1 rings (SSSR count). The molecule has 0 aromatic rings. The molecule has 0 aromatic heterocycles. The molecule has 0 aromatic carbocycles. The molecule has 3 nitrogen and oxygen atoms in total. The first-order valence-electron chi connectivity index (χ1n) is 6.65. The van der Waals surface area contributed by atoms with Crippen LogP contribution in [0.1, 0.15) is 53.4 Å². The zero-order valence-corrected chi connectivity index (χ0v) is 16.0. The van der Waals surface area contributed by atoms with Crippen molar-refractivity contribution in [2.45, 2.75) is 76.5 Å². The van der Waals surface area contributed by atoms with Crippen LogP contribution in [-0.4, -0.2) is 53.0 Å². The van der Waals surface area contributed by atoms with E-state index in [0.717, 1.165) is 19.3 Å². The van der Waals surface area contributed by atoms with Gasteiger partial charge in [0.05, 0.1) is 0 Å². The minimum atomic E-state index is -1.91. The van der Waals surface area contributed by atoms with Gasteiger partial charge in [0.2, 0.25) is 0 Å². The first kappa shape index (κ1) is 17.4. The fraction of sp³-hybridized carbons (Fsp3) is 1.00. The summed E-state index contributed by atoms with van der Waals surface area (Å²) in [6.07, 6.45) is 4.62. The molecule has 0 bridgehead atoms. The molecule has 2 atom stereocenters. The Balaban J connectivity index is 2.67. The van der Waals surface area contributed by atoms with Crippen LogP contribution in [0.2, 0.25) is 4.82 Å². The van der Waals surface area contributed by atoms with Crippen molar-refractivity contribution < 1.29 is 14.2 Å². The summed E-state index contributed by atoms with van der Waals surface area (Å²) in [6.45, 7) is 8.18. The molecule has 1 fully saturated rings. The van der Waals surface area contributed by atoms with Gasteiger partial charge < -0.3 is 0 Å². The third-order valence-electron chi connectivity index (χ3n) is 2.61. The molecule has 1 aliphatic rings. The van der Waals surface area contributed by atoms with E-state index in [9.17, 15) is 5.11 Å². The van der Waals surface area contributed by atoms with Crippen LogP contribution < -0.4 is 0 Å². The maximum atomic E-state index is 10.1. The Morgan fingerprint density at radius 2 is 1.61 bits per heavy atom. The van der Waals surface area contributed by atoms with E-state index in [4.69, 9.17) is 9.05 Å². The van der Waals surface area contributed by atoms with E-state index in [1.54, 1.807) is 0 Å². The Morgan fingerprint density at radius 1 is 1.11 bits per heavy atom. The van der Waals surface area contributed by atoms with Crippen LogP contribution in [-0.2, 0) is 9.05 Å². The SMILES string of the molecule is CC(C)OP(=[Se])(OC(C)C)[Se][C@H]1CCCC[C@@H]1O. The summed E-state index contributed by atoms with van der Waals surface area (Å²) in [7, 11) is 0. The Kier molecular flexibility index (Phi) is 7.69. The third kappa shape index (κ3) is 6.20. The van der Waals surface area contributed by atoms with Gasteiger partial charge in [0.15, 0.2) is 0 Å². The number of aliphatic hydroxyl groups is 1. The van der Waals surface area contributed by atoms with E-state index in [-0.39, 0.29) is 32.8 Å². The summed E-state index contributed by atoms with van der Waals surface area (Å²) in [4.78, 5) is 0.387. The van der Waals surface area contributed by atoms with Crippen LogP contribution in [0.3, 0.4) is 0 Å². The number of hydrogen-bond acceptors (Lipinski definition) is 3. The van der Waals surface area contributed by atoms with Gasteiger partial charge in [0.25, 0.3) is 0 Å². The molecule has 0 unspecified atom stereocenters. The first-order valence-corrected chi connectivity index (χ1v) is 13.7. The Hall–Kier alpha value is 1.35. The average Bonchev–Trinajstić information content (AvgIpc) is 2.18. The van der Waals surface area contributed by atoms with Crippen molar-refractivity contribution in [1.29, 1.82) is 0 Å². The fourth-order valence-corrected chi connectivity index (χ4v) is 16.6. The number of rotatable bonds is 6. The summed E-state index contributed by atoms with van der Waals surface area (Å²) in [6, 6.07) is 0. The van der Waals surface area contributed by atoms with Gasteiger partial charge in [-0.25, -0.2) is 0 Å². The quantitative estimate of drug-likeness (QED) is 0.545. The molecule has 0 radical (unpaired) electrons. The second kappa shape index (κ2) is 7.95. The Labute approximate surface area is 125 Å². The molecular formula is C12H25O3PSe2. The molecule has 1 aliphatic carbocycles. The molecule has 0 spiro atoms. The topological polar surface area (TPSA) is 38.7 Å². The van der Waals surface area contributed by atoms with Crippen LogP contribution in [0.25, 0.3) is 0 Å². The van der Waals surface area contributed by atoms with Crippen molar-refractivity contribution in [1.82, 2.24) is 0 Å². The molecule has 0 amide bonds. The van der Waals surface area contributed by atoms with Gasteiger partial charge in [-0.2, -0.15) is 0 Å². The summed E-state index contributed by atoms with van der Waals surface area (Å²) in [5.41, 5.74) is 0. The number of aliphatic hydroxyl groups excluding tert-OH is 1. The molecule has 0 saturated heterocycles. The van der Waals surface area contributed by atoms with Gasteiger partial charge in [-0.1, -0.05) is 0 Å². The summed E-state index contributed by atoms with van der Waals surface area (Å²) in [5.74, 6) is 0. The molecule has 6 heteroatoms. The summed E-state index contributed by atoms with van der Waals surface area (Å²) >= 11 is 3.40. The van der Waals surface area contributed by atoms with Crippen molar-refractivity contribution in [3.63, 3.8) is 0 Å². The fourth-order valence-electron chi connectivity index (χ4n) is 1.96. The summed E-state index contributed by atoms with van der Waals surface area (Å²) < 4.78 is 10.2. The van der Waals surface area contributed by atoms with E-state index in [2.05, 4.69) is 15.1 Å². The van der Waals surface area contributed by atoms with Crippen LogP contribution in [0.15, 0.2) is 0 Å². The van der Waals surface area contributed by atoms with E-state index < -0.39 is 4.65 Å². The molecular weight excluding hydrogens is 381 g/mol. The molecule has 0 heterocycles. The Bertz CT molecular complexity index is 283. The molecule has 1 saturated carbocycles. The van der Waals surface area contributed by atoms with Gasteiger partial charge >= 0.3 is 125 Å². The van der Waals surface area contributed by atoms with Crippen molar-refractivity contribution in [2.24, 2.45) is 0 Å². The average molecular weight is 406 g/mol. The van der Waals surface area contributed by atoms with Gasteiger partial charge in [-0.05, 0) is 0 Å². The van der Waals surface area contributed by atoms with E-state index in [0.29, 0.717) is 4.82 Å². The van der Waals surface area contributed by atoms with Crippen molar-refractivity contribution in [3.8, 4) is 0 Å². The van der Waals surface area contributed by atoms with Crippen LogP contribution in [0, 0.1) is 0 Å². The van der Waals surface area contributed by atoms with Crippen molar-refractivity contribution in [2.75, 3.05) is 0 Å². The van der Waals surface area contributed by atoms with E-state index in [1.165, 1.54) is 6.42 Å². The van der Waals surface area contributed by atoms with Crippen LogP contribution in [0.4, 0.5) is 0 Å². The third-order valence-corrected chi connectivity index (χ3v) is 14.0. The van der Waals surface area contributed by atoms with Crippen LogP contribution >= 0.6 is 4.65 Å². The van der Waals surface area contributed by atoms with Crippen LogP contribution in [0.5, 0.6) is 0 Å². The van der Waals surface area contributed by atoms with E-state index >= 15 is 0 Å². The standard InChI is InChI=1S/C12H25O3PSe2/c1-9(2)14-16(17,15-10(3)4)18-12-8-6-5-7-11(12)13/h9-13H,5-8H2,1-4H3/t11-,12-/m0/s1. The zero-order chi connectivity index (χ0) is 13.8. The zero-order valence-electron chi connectivity index (χ0n) is 11.7. The molecule has 1 N–H and O–H groups in total. The normalized spacial score (nSPS) is 25.9. The predicted octanol–water partition coefficient (Wildman–Crippen LogP) is 3.11. The summed E-state index contributed by atoms with van der Waals surface area (Å²) in [5, 5.41) is 10.1. The predicted molar refractivity (Wildman–Crippen MR) is 79.1 cm³/mol. The van der Waals surface area contributed by atoms with Gasteiger partial charge in [0.1, 0.15) is 0 Å².